The lowest BCUT2D eigenvalue weighted by Gasteiger charge is -2.17. The number of aromatic nitrogens is 3. The number of para-hydroxylation sites is 2. The van der Waals surface area contributed by atoms with Gasteiger partial charge in [0, 0.05) is 21.9 Å². The van der Waals surface area contributed by atoms with Gasteiger partial charge in [-0.1, -0.05) is 159 Å². The van der Waals surface area contributed by atoms with Crippen LogP contribution in [0.2, 0.25) is 0 Å². The van der Waals surface area contributed by atoms with E-state index in [1.54, 1.807) is 0 Å². The zero-order valence-corrected chi connectivity index (χ0v) is 32.4. The topological polar surface area (TPSA) is 30.7 Å². The maximum Gasteiger partial charge on any atom is 0.235 e. The van der Waals surface area contributed by atoms with E-state index in [1.165, 1.54) is 70.9 Å². The lowest BCUT2D eigenvalue weighted by atomic mass is 9.87. The zero-order valence-electron chi connectivity index (χ0n) is 32.4. The van der Waals surface area contributed by atoms with Crippen molar-refractivity contribution >= 4 is 54.1 Å². The molecule has 3 nitrogen and oxygen atoms in total. The molecule has 11 aromatic rings. The fraction of sp³-hybridized carbons (Fsp3) is 0.0545. The van der Waals surface area contributed by atoms with E-state index in [0.717, 1.165) is 45.5 Å². The average molecular weight is 742 g/mol. The number of fused-ring (bicyclic) bond motifs is 9. The summed E-state index contributed by atoms with van der Waals surface area (Å²) in [7, 11) is 0. The van der Waals surface area contributed by atoms with Crippen LogP contribution in [0.1, 0.15) is 18.1 Å². The zero-order chi connectivity index (χ0) is 38.7. The molecule has 0 saturated heterocycles. The van der Waals surface area contributed by atoms with Crippen molar-refractivity contribution in [3.63, 3.8) is 0 Å². The van der Waals surface area contributed by atoms with Gasteiger partial charge in [0.1, 0.15) is 0 Å². The largest absolute Gasteiger partial charge is 0.278 e. The van der Waals surface area contributed by atoms with Crippen molar-refractivity contribution in [3.8, 4) is 50.7 Å². The van der Waals surface area contributed by atoms with Gasteiger partial charge in [-0.25, -0.2) is 9.97 Å². The van der Waals surface area contributed by atoms with Gasteiger partial charge in [0.15, 0.2) is 0 Å². The summed E-state index contributed by atoms with van der Waals surface area (Å²) < 4.78 is 2.21. The second kappa shape index (κ2) is 13.7. The molecule has 0 N–H and O–H groups in total. The number of aryl methyl sites for hydroxylation is 2. The molecule has 9 aromatic carbocycles. The highest BCUT2D eigenvalue weighted by molar-refractivity contribution is 6.26. The van der Waals surface area contributed by atoms with Crippen LogP contribution in [0.25, 0.3) is 105 Å². The molecule has 0 unspecified atom stereocenters. The normalized spacial score (nSPS) is 11.7. The van der Waals surface area contributed by atoms with Crippen molar-refractivity contribution in [2.24, 2.45) is 0 Å². The number of rotatable bonds is 6. The molecule has 3 heteroatoms. The molecule has 0 fully saturated rings. The summed E-state index contributed by atoms with van der Waals surface area (Å²) >= 11 is 0. The maximum absolute atomic E-state index is 5.34. The van der Waals surface area contributed by atoms with Crippen molar-refractivity contribution in [2.45, 2.75) is 20.3 Å². The summed E-state index contributed by atoms with van der Waals surface area (Å²) in [6.45, 7) is 4.52. The Bertz CT molecular complexity index is 3340. The first-order valence-corrected chi connectivity index (χ1v) is 20.1. The number of hydrogen-bond acceptors (Lipinski definition) is 2. The molecule has 0 bridgehead atoms. The molecule has 0 radical (unpaired) electrons. The second-order valence-corrected chi connectivity index (χ2v) is 15.3. The molecule has 58 heavy (non-hydrogen) atoms. The lowest BCUT2D eigenvalue weighted by Crippen LogP contribution is -2.04. The first-order valence-electron chi connectivity index (χ1n) is 20.1. The van der Waals surface area contributed by atoms with Crippen molar-refractivity contribution in [3.05, 3.63) is 199 Å². The molecule has 0 spiro atoms. The summed E-state index contributed by atoms with van der Waals surface area (Å²) in [5, 5.41) is 10.2. The Morgan fingerprint density at radius 1 is 0.379 bits per heavy atom. The summed E-state index contributed by atoms with van der Waals surface area (Å²) in [6.07, 6.45) is 0.945. The van der Waals surface area contributed by atoms with Gasteiger partial charge in [-0.3, -0.25) is 4.57 Å². The Balaban J connectivity index is 1.07. The lowest BCUT2D eigenvalue weighted by molar-refractivity contribution is 0.995. The minimum absolute atomic E-state index is 0.654. The summed E-state index contributed by atoms with van der Waals surface area (Å²) in [4.78, 5) is 10.6. The van der Waals surface area contributed by atoms with E-state index in [1.807, 2.05) is 6.07 Å². The Labute approximate surface area is 337 Å². The van der Waals surface area contributed by atoms with E-state index < -0.39 is 0 Å². The standard InChI is InChI=1S/C55H39N3/c1-3-36-28-29-39(32-48(36)47-33-50-44-23-10-8-21-42(44)41-20-7-9-22-43(41)49(50)30-35(47)2)38-18-15-19-40(31-38)52-34-51(37-16-5-4-6-17-37)56-55(57-52)58-53-26-13-11-24-45(53)46-25-12-14-27-54(46)58/h4-34H,3H2,1-2H3. The fourth-order valence-corrected chi connectivity index (χ4v) is 9.10. The Morgan fingerprint density at radius 2 is 0.879 bits per heavy atom. The molecule has 2 aromatic heterocycles. The van der Waals surface area contributed by atoms with Crippen LogP contribution >= 0.6 is 0 Å². The first-order chi connectivity index (χ1) is 28.6. The molecule has 0 atom stereocenters. The van der Waals surface area contributed by atoms with Crippen molar-refractivity contribution in [1.82, 2.24) is 14.5 Å². The number of benzene rings is 9. The van der Waals surface area contributed by atoms with Crippen molar-refractivity contribution in [1.29, 1.82) is 0 Å². The smallest absolute Gasteiger partial charge is 0.235 e. The summed E-state index contributed by atoms with van der Waals surface area (Å²) in [5.74, 6) is 0.654. The van der Waals surface area contributed by atoms with Gasteiger partial charge in [-0.15, -0.1) is 0 Å². The van der Waals surface area contributed by atoms with Crippen LogP contribution in [0.5, 0.6) is 0 Å². The van der Waals surface area contributed by atoms with E-state index in [-0.39, 0.29) is 0 Å². The third-order valence-electron chi connectivity index (χ3n) is 11.9. The second-order valence-electron chi connectivity index (χ2n) is 15.3. The minimum atomic E-state index is 0.654. The van der Waals surface area contributed by atoms with Gasteiger partial charge in [-0.2, -0.15) is 0 Å². The Morgan fingerprint density at radius 3 is 1.52 bits per heavy atom. The van der Waals surface area contributed by atoms with E-state index in [0.29, 0.717) is 5.95 Å². The van der Waals surface area contributed by atoms with E-state index >= 15 is 0 Å². The summed E-state index contributed by atoms with van der Waals surface area (Å²) in [6, 6.07) is 67.9. The summed E-state index contributed by atoms with van der Waals surface area (Å²) in [5.41, 5.74) is 13.5. The fourth-order valence-electron chi connectivity index (χ4n) is 9.10. The van der Waals surface area contributed by atoms with Crippen LogP contribution in [0.3, 0.4) is 0 Å². The third-order valence-corrected chi connectivity index (χ3v) is 11.9. The molecule has 0 aliphatic rings. The molecule has 0 aliphatic heterocycles. The van der Waals surface area contributed by atoms with Gasteiger partial charge in [0.25, 0.3) is 0 Å². The van der Waals surface area contributed by atoms with Crippen LogP contribution in [0, 0.1) is 6.92 Å². The van der Waals surface area contributed by atoms with Gasteiger partial charge in [0.05, 0.1) is 22.4 Å². The highest BCUT2D eigenvalue weighted by Crippen LogP contribution is 2.41. The van der Waals surface area contributed by atoms with Gasteiger partial charge < -0.3 is 0 Å². The van der Waals surface area contributed by atoms with Crippen LogP contribution in [-0.2, 0) is 6.42 Å². The SMILES string of the molecule is CCc1ccc(-c2cccc(-c3cc(-c4ccccc4)nc(-n4c5ccccc5c5ccccc54)n3)c2)cc1-c1cc2c3ccccc3c3ccccc3c2cc1C. The molecule has 2 heterocycles. The highest BCUT2D eigenvalue weighted by atomic mass is 15.2. The van der Waals surface area contributed by atoms with Crippen LogP contribution < -0.4 is 0 Å². The van der Waals surface area contributed by atoms with E-state index in [2.05, 4.69) is 200 Å². The molecular weight excluding hydrogens is 703 g/mol. The first kappa shape index (κ1) is 33.9. The quantitative estimate of drug-likeness (QED) is 0.159. The van der Waals surface area contributed by atoms with E-state index in [4.69, 9.17) is 9.97 Å². The number of hydrogen-bond donors (Lipinski definition) is 0. The minimum Gasteiger partial charge on any atom is -0.278 e. The van der Waals surface area contributed by atoms with Crippen molar-refractivity contribution < 1.29 is 0 Å². The predicted octanol–water partition coefficient (Wildman–Crippen LogP) is 14.6. The van der Waals surface area contributed by atoms with Crippen LogP contribution in [0.4, 0.5) is 0 Å². The molecule has 274 valence electrons. The van der Waals surface area contributed by atoms with Crippen molar-refractivity contribution in [2.75, 3.05) is 0 Å². The molecular formula is C55H39N3. The monoisotopic (exact) mass is 741 g/mol. The maximum atomic E-state index is 5.34. The Hall–Kier alpha value is -7.36. The molecule has 11 rings (SSSR count). The van der Waals surface area contributed by atoms with Gasteiger partial charge in [0.2, 0.25) is 5.95 Å². The predicted molar refractivity (Wildman–Crippen MR) is 245 cm³/mol. The molecule has 0 amide bonds. The van der Waals surface area contributed by atoms with Crippen LogP contribution in [0.15, 0.2) is 188 Å². The third kappa shape index (κ3) is 5.50. The number of nitrogens with zero attached hydrogens (tertiary/aromatic N) is 3. The average Bonchev–Trinajstić information content (AvgIpc) is 3.63. The molecule has 0 aliphatic carbocycles. The van der Waals surface area contributed by atoms with E-state index in [9.17, 15) is 0 Å². The van der Waals surface area contributed by atoms with Gasteiger partial charge >= 0.3 is 0 Å². The highest BCUT2D eigenvalue weighted by Gasteiger charge is 2.18. The Kier molecular flexibility index (Phi) is 8.01. The van der Waals surface area contributed by atoms with Crippen LogP contribution in [-0.4, -0.2) is 14.5 Å². The molecule has 0 saturated carbocycles. The van der Waals surface area contributed by atoms with Gasteiger partial charge in [-0.05, 0) is 115 Å².